The molecule has 0 aromatic carbocycles. The molecule has 0 radical (unpaired) electrons. The number of rotatable bonds is 38. The fourth-order valence-electron chi connectivity index (χ4n) is 6.46. The number of nitrogens with zero attached hydrogens (tertiary/aromatic N) is 1. The number of allylic oxidation sites excluding steroid dienone is 4. The van der Waals surface area contributed by atoms with E-state index in [-0.39, 0.29) is 12.1 Å². The third-order valence-electron chi connectivity index (χ3n) is 9.61. The summed E-state index contributed by atoms with van der Waals surface area (Å²) < 4.78 is 6.01. The van der Waals surface area contributed by atoms with E-state index in [0.29, 0.717) is 6.42 Å². The van der Waals surface area contributed by atoms with Crippen molar-refractivity contribution in [2.24, 2.45) is 0 Å². The van der Waals surface area contributed by atoms with Crippen LogP contribution >= 0.6 is 0 Å². The third-order valence-corrected chi connectivity index (χ3v) is 9.61. The summed E-state index contributed by atoms with van der Waals surface area (Å²) in [4.78, 5) is 14.7. The van der Waals surface area contributed by atoms with Crippen LogP contribution in [0, 0.1) is 0 Å². The fraction of sp³-hybridized carbons (Fsp3) is 0.886. The number of ether oxygens (including phenoxy) is 1. The minimum atomic E-state index is 0.0152. The summed E-state index contributed by atoms with van der Waals surface area (Å²) in [7, 11) is 4.13. The minimum absolute atomic E-state index is 0.0152. The number of carbonyl (C=O) groups is 1. The first-order valence-corrected chi connectivity index (χ1v) is 21.2. The Labute approximate surface area is 296 Å². The Morgan fingerprint density at radius 2 is 0.787 bits per heavy atom. The zero-order valence-electron chi connectivity index (χ0n) is 32.7. The second-order valence-corrected chi connectivity index (χ2v) is 14.8. The van der Waals surface area contributed by atoms with Crippen molar-refractivity contribution >= 4 is 5.97 Å². The summed E-state index contributed by atoms with van der Waals surface area (Å²) >= 11 is 0. The lowest BCUT2D eigenvalue weighted by molar-refractivity contribution is -0.150. The van der Waals surface area contributed by atoms with Crippen molar-refractivity contribution in [2.45, 2.75) is 232 Å². The van der Waals surface area contributed by atoms with Gasteiger partial charge in [-0.05, 0) is 104 Å². The van der Waals surface area contributed by atoms with E-state index in [9.17, 15) is 4.79 Å². The molecular formula is C44H85NO2. The van der Waals surface area contributed by atoms with Crippen LogP contribution in [0.25, 0.3) is 0 Å². The van der Waals surface area contributed by atoms with Crippen molar-refractivity contribution in [1.29, 1.82) is 0 Å². The van der Waals surface area contributed by atoms with Gasteiger partial charge in [0, 0.05) is 6.42 Å². The molecule has 0 heterocycles. The molecule has 0 rings (SSSR count). The normalized spacial score (nSPS) is 12.6. The molecular weight excluding hydrogens is 574 g/mol. The van der Waals surface area contributed by atoms with Gasteiger partial charge < -0.3 is 9.64 Å². The smallest absolute Gasteiger partial charge is 0.306 e. The van der Waals surface area contributed by atoms with Crippen LogP contribution in [0.3, 0.4) is 0 Å². The van der Waals surface area contributed by atoms with E-state index < -0.39 is 0 Å². The van der Waals surface area contributed by atoms with Crippen molar-refractivity contribution in [3.8, 4) is 0 Å². The van der Waals surface area contributed by atoms with Crippen LogP contribution in [0.4, 0.5) is 0 Å². The predicted octanol–water partition coefficient (Wildman–Crippen LogP) is 14.5. The van der Waals surface area contributed by atoms with E-state index >= 15 is 0 Å². The van der Waals surface area contributed by atoms with Crippen LogP contribution in [-0.4, -0.2) is 37.6 Å². The summed E-state index contributed by atoms with van der Waals surface area (Å²) in [6, 6.07) is 0. The number of carbonyl (C=O) groups excluding carboxylic acids is 1. The summed E-state index contributed by atoms with van der Waals surface area (Å²) in [6.45, 7) is 5.52. The van der Waals surface area contributed by atoms with E-state index in [0.717, 1.165) is 25.8 Å². The third kappa shape index (κ3) is 39.2. The van der Waals surface area contributed by atoms with Crippen LogP contribution in [0.1, 0.15) is 226 Å². The molecule has 3 nitrogen and oxygen atoms in total. The standard InChI is InChI=1S/C44H85NO2/c1-5-7-9-11-13-15-17-19-21-23-25-27-29-31-33-35-37-40-43(47-44(46)41-38-42-45(3)4)39-36-34-32-30-28-26-24-22-20-18-16-14-12-10-8-6-2/h20-23,43H,5-19,24-42H2,1-4H3/b22-20+,23-21+. The van der Waals surface area contributed by atoms with Gasteiger partial charge in [0.05, 0.1) is 0 Å². The second kappa shape index (κ2) is 39.3. The van der Waals surface area contributed by atoms with Crippen LogP contribution in [0.15, 0.2) is 24.3 Å². The van der Waals surface area contributed by atoms with E-state index in [1.807, 2.05) is 0 Å². The Balaban J connectivity index is 3.94. The van der Waals surface area contributed by atoms with Gasteiger partial charge in [-0.3, -0.25) is 4.79 Å². The highest BCUT2D eigenvalue weighted by molar-refractivity contribution is 5.69. The van der Waals surface area contributed by atoms with Gasteiger partial charge in [0.1, 0.15) is 6.10 Å². The van der Waals surface area contributed by atoms with Gasteiger partial charge in [-0.1, -0.05) is 160 Å². The maximum atomic E-state index is 12.5. The lowest BCUT2D eigenvalue weighted by Crippen LogP contribution is -2.20. The lowest BCUT2D eigenvalue weighted by atomic mass is 10.0. The van der Waals surface area contributed by atoms with Crippen molar-refractivity contribution < 1.29 is 9.53 Å². The van der Waals surface area contributed by atoms with Crippen molar-refractivity contribution in [2.75, 3.05) is 20.6 Å². The Morgan fingerprint density at radius 1 is 0.468 bits per heavy atom. The largest absolute Gasteiger partial charge is 0.462 e. The molecule has 0 spiro atoms. The van der Waals surface area contributed by atoms with Crippen LogP contribution in [0.2, 0.25) is 0 Å². The molecule has 0 fully saturated rings. The van der Waals surface area contributed by atoms with Gasteiger partial charge in [0.15, 0.2) is 0 Å². The molecule has 0 N–H and O–H groups in total. The van der Waals surface area contributed by atoms with Gasteiger partial charge in [-0.25, -0.2) is 0 Å². The van der Waals surface area contributed by atoms with Crippen molar-refractivity contribution in [3.63, 3.8) is 0 Å². The molecule has 0 aliphatic heterocycles. The summed E-state index contributed by atoms with van der Waals surface area (Å²) in [5.74, 6) is 0.0152. The molecule has 3 heteroatoms. The molecule has 0 aliphatic carbocycles. The van der Waals surface area contributed by atoms with Gasteiger partial charge in [-0.2, -0.15) is 0 Å². The summed E-state index contributed by atoms with van der Waals surface area (Å²) in [5, 5.41) is 0. The van der Waals surface area contributed by atoms with Crippen LogP contribution < -0.4 is 0 Å². The highest BCUT2D eigenvalue weighted by Gasteiger charge is 2.14. The van der Waals surface area contributed by atoms with E-state index in [1.165, 1.54) is 186 Å². The predicted molar refractivity (Wildman–Crippen MR) is 210 cm³/mol. The Bertz CT molecular complexity index is 670. The lowest BCUT2D eigenvalue weighted by Gasteiger charge is -2.18. The SMILES string of the molecule is CCCCCCCC/C=C/CCCCCCCCC(CCCCCCCC/C=C/CCCCCCCCC)OC(=O)CCCN(C)C. The minimum Gasteiger partial charge on any atom is -0.462 e. The summed E-state index contributed by atoms with van der Waals surface area (Å²) in [5.41, 5.74) is 0. The first-order chi connectivity index (χ1) is 23.1. The number of hydrogen-bond donors (Lipinski definition) is 0. The molecule has 0 aliphatic rings. The molecule has 0 amide bonds. The average Bonchev–Trinajstić information content (AvgIpc) is 3.05. The number of hydrogen-bond acceptors (Lipinski definition) is 3. The maximum Gasteiger partial charge on any atom is 0.306 e. The molecule has 0 aromatic rings. The van der Waals surface area contributed by atoms with Crippen LogP contribution in [-0.2, 0) is 9.53 Å². The highest BCUT2D eigenvalue weighted by atomic mass is 16.5. The number of esters is 1. The quantitative estimate of drug-likeness (QED) is 0.0375. The fourth-order valence-corrected chi connectivity index (χ4v) is 6.46. The molecule has 278 valence electrons. The molecule has 1 unspecified atom stereocenters. The topological polar surface area (TPSA) is 29.5 Å². The molecule has 47 heavy (non-hydrogen) atoms. The van der Waals surface area contributed by atoms with E-state index in [4.69, 9.17) is 4.74 Å². The van der Waals surface area contributed by atoms with Gasteiger partial charge >= 0.3 is 5.97 Å². The van der Waals surface area contributed by atoms with Gasteiger partial charge in [0.25, 0.3) is 0 Å². The first-order valence-electron chi connectivity index (χ1n) is 21.2. The van der Waals surface area contributed by atoms with E-state index in [2.05, 4.69) is 57.1 Å². The second-order valence-electron chi connectivity index (χ2n) is 14.8. The average molecular weight is 660 g/mol. The Hall–Kier alpha value is -1.09. The number of unbranched alkanes of at least 4 members (excludes halogenated alkanes) is 25. The zero-order valence-corrected chi connectivity index (χ0v) is 32.7. The Kier molecular flexibility index (Phi) is 38.4. The van der Waals surface area contributed by atoms with Crippen molar-refractivity contribution in [3.05, 3.63) is 24.3 Å². The highest BCUT2D eigenvalue weighted by Crippen LogP contribution is 2.18. The molecule has 0 saturated carbocycles. The Morgan fingerprint density at radius 3 is 1.13 bits per heavy atom. The molecule has 0 bridgehead atoms. The van der Waals surface area contributed by atoms with Gasteiger partial charge in [0.2, 0.25) is 0 Å². The van der Waals surface area contributed by atoms with Gasteiger partial charge in [-0.15, -0.1) is 0 Å². The monoisotopic (exact) mass is 660 g/mol. The first kappa shape index (κ1) is 45.9. The summed E-state index contributed by atoms with van der Waals surface area (Å²) in [6.07, 6.45) is 52.1. The molecule has 1 atom stereocenters. The zero-order chi connectivity index (χ0) is 34.3. The molecule has 0 aromatic heterocycles. The molecule has 0 saturated heterocycles. The van der Waals surface area contributed by atoms with Crippen molar-refractivity contribution in [1.82, 2.24) is 4.90 Å². The maximum absolute atomic E-state index is 12.5. The van der Waals surface area contributed by atoms with E-state index in [1.54, 1.807) is 0 Å². The van der Waals surface area contributed by atoms with Crippen LogP contribution in [0.5, 0.6) is 0 Å².